The van der Waals surface area contributed by atoms with Crippen molar-refractivity contribution in [2.45, 2.75) is 25.3 Å². The highest BCUT2D eigenvalue weighted by atomic mass is 35.5. The number of fused-ring (bicyclic) bond motifs is 1. The number of hydrogen-bond acceptors (Lipinski definition) is 3. The first-order valence-electron chi connectivity index (χ1n) is 7.61. The Kier molecular flexibility index (Phi) is 4.09. The van der Waals surface area contributed by atoms with Gasteiger partial charge in [-0.3, -0.25) is 4.79 Å². The first-order valence-corrected chi connectivity index (χ1v) is 7.99. The van der Waals surface area contributed by atoms with Crippen molar-refractivity contribution in [3.8, 4) is 0 Å². The lowest BCUT2D eigenvalue weighted by Crippen LogP contribution is -2.54. The molecule has 114 valence electrons. The molecule has 2 saturated heterocycles. The second-order valence-corrected chi connectivity index (χ2v) is 6.60. The van der Waals surface area contributed by atoms with Crippen LogP contribution in [0.15, 0.2) is 18.2 Å². The first-order chi connectivity index (χ1) is 10.1. The number of nitrogen functional groups attached to an aromatic ring is 1. The molecule has 0 aliphatic carbocycles. The Morgan fingerprint density at radius 3 is 2.90 bits per heavy atom. The number of nitrogens with zero attached hydrogens (tertiary/aromatic N) is 2. The van der Waals surface area contributed by atoms with Gasteiger partial charge in [0.2, 0.25) is 0 Å². The van der Waals surface area contributed by atoms with Crippen LogP contribution in [0.3, 0.4) is 0 Å². The molecular weight excluding hydrogens is 286 g/mol. The Labute approximate surface area is 130 Å². The van der Waals surface area contributed by atoms with Crippen molar-refractivity contribution in [2.75, 3.05) is 32.4 Å². The van der Waals surface area contributed by atoms with Crippen LogP contribution in [0.25, 0.3) is 0 Å². The molecule has 2 aliphatic rings. The van der Waals surface area contributed by atoms with Gasteiger partial charge in [-0.1, -0.05) is 17.7 Å². The van der Waals surface area contributed by atoms with Crippen LogP contribution in [-0.2, 0) is 0 Å². The predicted octanol–water partition coefficient (Wildman–Crippen LogP) is 2.48. The van der Waals surface area contributed by atoms with Crippen LogP contribution in [-0.4, -0.2) is 48.4 Å². The van der Waals surface area contributed by atoms with E-state index in [1.165, 1.54) is 19.4 Å². The van der Waals surface area contributed by atoms with Crippen molar-refractivity contribution < 1.29 is 4.79 Å². The molecule has 2 atom stereocenters. The van der Waals surface area contributed by atoms with Gasteiger partial charge in [-0.15, -0.1) is 0 Å². The van der Waals surface area contributed by atoms with Gasteiger partial charge in [-0.25, -0.2) is 0 Å². The second-order valence-electron chi connectivity index (χ2n) is 6.19. The summed E-state index contributed by atoms with van der Waals surface area (Å²) < 4.78 is 0. The quantitative estimate of drug-likeness (QED) is 0.811. The summed E-state index contributed by atoms with van der Waals surface area (Å²) in [5.74, 6) is 0.551. The average Bonchev–Trinajstić information content (AvgIpc) is 2.47. The zero-order valence-electron chi connectivity index (χ0n) is 12.4. The summed E-state index contributed by atoms with van der Waals surface area (Å²) in [7, 11) is 2.19. The van der Waals surface area contributed by atoms with Crippen molar-refractivity contribution in [3.05, 3.63) is 28.8 Å². The third kappa shape index (κ3) is 2.74. The number of piperidine rings is 2. The third-order valence-corrected chi connectivity index (χ3v) is 5.21. The van der Waals surface area contributed by atoms with Crippen molar-refractivity contribution in [3.63, 3.8) is 0 Å². The lowest BCUT2D eigenvalue weighted by molar-refractivity contribution is 0.0317. The molecule has 0 bridgehead atoms. The van der Waals surface area contributed by atoms with Crippen LogP contribution in [0.2, 0.25) is 5.02 Å². The molecular formula is C16H22ClN3O. The Bertz CT molecular complexity index is 528. The summed E-state index contributed by atoms with van der Waals surface area (Å²) in [6.45, 7) is 2.78. The lowest BCUT2D eigenvalue weighted by Gasteiger charge is -2.46. The van der Waals surface area contributed by atoms with E-state index in [-0.39, 0.29) is 5.91 Å². The molecule has 1 aromatic carbocycles. The van der Waals surface area contributed by atoms with E-state index in [9.17, 15) is 4.79 Å². The molecule has 2 heterocycles. The maximum absolute atomic E-state index is 12.7. The molecule has 2 aliphatic heterocycles. The molecule has 5 heteroatoms. The molecule has 2 fully saturated rings. The van der Waals surface area contributed by atoms with Gasteiger partial charge in [0, 0.05) is 24.8 Å². The Balaban J connectivity index is 1.78. The molecule has 4 nitrogen and oxygen atoms in total. The molecule has 0 radical (unpaired) electrons. The summed E-state index contributed by atoms with van der Waals surface area (Å²) in [5.41, 5.74) is 6.87. The summed E-state index contributed by atoms with van der Waals surface area (Å²) in [6, 6.07) is 5.86. The zero-order chi connectivity index (χ0) is 15.0. The SMILES string of the molecule is CN1CCCC2CN(C(=O)c3c(N)cccc3Cl)CCC21. The van der Waals surface area contributed by atoms with Crippen molar-refractivity contribution in [1.29, 1.82) is 0 Å². The third-order valence-electron chi connectivity index (χ3n) is 4.89. The minimum Gasteiger partial charge on any atom is -0.398 e. The normalized spacial score (nSPS) is 26.5. The van der Waals surface area contributed by atoms with Crippen LogP contribution in [0.4, 0.5) is 5.69 Å². The van der Waals surface area contributed by atoms with E-state index < -0.39 is 0 Å². The number of likely N-dealkylation sites (tertiary alicyclic amines) is 2. The second kappa shape index (κ2) is 5.85. The Hall–Kier alpha value is -1.26. The fraction of sp³-hybridized carbons (Fsp3) is 0.562. The number of anilines is 1. The van der Waals surface area contributed by atoms with Gasteiger partial charge in [0.05, 0.1) is 10.6 Å². The minimum absolute atomic E-state index is 0.0234. The molecule has 1 aromatic rings. The van der Waals surface area contributed by atoms with Crippen LogP contribution in [0, 0.1) is 5.92 Å². The number of halogens is 1. The van der Waals surface area contributed by atoms with Crippen LogP contribution in [0.1, 0.15) is 29.6 Å². The topological polar surface area (TPSA) is 49.6 Å². The van der Waals surface area contributed by atoms with Gasteiger partial charge in [0.15, 0.2) is 0 Å². The van der Waals surface area contributed by atoms with E-state index >= 15 is 0 Å². The summed E-state index contributed by atoms with van der Waals surface area (Å²) in [6.07, 6.45) is 3.46. The summed E-state index contributed by atoms with van der Waals surface area (Å²) in [5, 5.41) is 0.447. The molecule has 0 saturated carbocycles. The van der Waals surface area contributed by atoms with Crippen molar-refractivity contribution in [2.24, 2.45) is 5.92 Å². The number of carbonyl (C=O) groups excluding carboxylic acids is 1. The van der Waals surface area contributed by atoms with Crippen LogP contribution in [0.5, 0.6) is 0 Å². The van der Waals surface area contributed by atoms with E-state index in [1.54, 1.807) is 18.2 Å². The lowest BCUT2D eigenvalue weighted by atomic mass is 9.84. The highest BCUT2D eigenvalue weighted by molar-refractivity contribution is 6.34. The van der Waals surface area contributed by atoms with E-state index in [0.717, 1.165) is 19.5 Å². The van der Waals surface area contributed by atoms with E-state index in [2.05, 4.69) is 11.9 Å². The van der Waals surface area contributed by atoms with Gasteiger partial charge in [0.1, 0.15) is 0 Å². The van der Waals surface area contributed by atoms with Crippen LogP contribution >= 0.6 is 11.6 Å². The maximum Gasteiger partial charge on any atom is 0.257 e. The number of amides is 1. The molecule has 1 amide bonds. The van der Waals surface area contributed by atoms with E-state index in [1.807, 2.05) is 4.90 Å². The fourth-order valence-corrected chi connectivity index (χ4v) is 4.02. The molecule has 0 aromatic heterocycles. The van der Waals surface area contributed by atoms with Gasteiger partial charge in [-0.05, 0) is 50.9 Å². The monoisotopic (exact) mass is 307 g/mol. The molecule has 3 rings (SSSR count). The van der Waals surface area contributed by atoms with Gasteiger partial charge < -0.3 is 15.5 Å². The number of benzene rings is 1. The number of rotatable bonds is 1. The van der Waals surface area contributed by atoms with Crippen molar-refractivity contribution >= 4 is 23.2 Å². The standard InChI is InChI=1S/C16H22ClN3O/c1-19-8-3-4-11-10-20(9-7-14(11)19)16(21)15-12(17)5-2-6-13(15)18/h2,5-6,11,14H,3-4,7-10,18H2,1H3. The fourth-order valence-electron chi connectivity index (χ4n) is 3.76. The van der Waals surface area contributed by atoms with E-state index in [4.69, 9.17) is 17.3 Å². The van der Waals surface area contributed by atoms with Gasteiger partial charge in [-0.2, -0.15) is 0 Å². The Morgan fingerprint density at radius 1 is 1.33 bits per heavy atom. The average molecular weight is 308 g/mol. The van der Waals surface area contributed by atoms with E-state index in [0.29, 0.717) is 28.2 Å². The zero-order valence-corrected chi connectivity index (χ0v) is 13.1. The smallest absolute Gasteiger partial charge is 0.257 e. The Morgan fingerprint density at radius 2 is 2.14 bits per heavy atom. The molecule has 21 heavy (non-hydrogen) atoms. The number of carbonyl (C=O) groups is 1. The summed E-state index contributed by atoms with van der Waals surface area (Å²) in [4.78, 5) is 17.1. The molecule has 2 unspecified atom stereocenters. The number of hydrogen-bond donors (Lipinski definition) is 1. The largest absolute Gasteiger partial charge is 0.398 e. The summed E-state index contributed by atoms with van der Waals surface area (Å²) >= 11 is 6.17. The first kappa shape index (κ1) is 14.7. The van der Waals surface area contributed by atoms with Crippen LogP contribution < -0.4 is 5.73 Å². The predicted molar refractivity (Wildman–Crippen MR) is 85.5 cm³/mol. The highest BCUT2D eigenvalue weighted by Crippen LogP contribution is 2.31. The van der Waals surface area contributed by atoms with Gasteiger partial charge in [0.25, 0.3) is 5.91 Å². The van der Waals surface area contributed by atoms with Gasteiger partial charge >= 0.3 is 0 Å². The maximum atomic E-state index is 12.7. The molecule has 2 N–H and O–H groups in total. The number of nitrogens with two attached hydrogens (primary N) is 1. The highest BCUT2D eigenvalue weighted by Gasteiger charge is 2.36. The minimum atomic E-state index is -0.0234. The molecule has 0 spiro atoms. The van der Waals surface area contributed by atoms with Crippen molar-refractivity contribution in [1.82, 2.24) is 9.80 Å².